The summed E-state index contributed by atoms with van der Waals surface area (Å²) in [5.41, 5.74) is 1.52. The Kier molecular flexibility index (Phi) is 4.46. The third-order valence-corrected chi connectivity index (χ3v) is 3.11. The zero-order valence-corrected chi connectivity index (χ0v) is 12.1. The minimum Gasteiger partial charge on any atom is -0.496 e. The highest BCUT2D eigenvalue weighted by molar-refractivity contribution is 5.64. The molecule has 0 amide bonds. The molecule has 0 atom stereocenters. The largest absolute Gasteiger partial charge is 0.496 e. The van der Waals surface area contributed by atoms with Crippen LogP contribution in [0, 0.1) is 0 Å². The first-order valence-corrected chi connectivity index (χ1v) is 5.92. The molecule has 0 aromatic heterocycles. The molecule has 0 bridgehead atoms. The third-order valence-electron chi connectivity index (χ3n) is 3.11. The van der Waals surface area contributed by atoms with Crippen molar-refractivity contribution in [3.63, 3.8) is 0 Å². The van der Waals surface area contributed by atoms with Crippen LogP contribution < -0.4 is 14.4 Å². The molecule has 0 unspecified atom stereocenters. The van der Waals surface area contributed by atoms with E-state index in [0.717, 1.165) is 22.7 Å². The first-order valence-electron chi connectivity index (χ1n) is 5.92. The van der Waals surface area contributed by atoms with E-state index in [2.05, 4.69) is 0 Å². The fourth-order valence-electron chi connectivity index (χ4n) is 1.85. The normalized spacial score (nSPS) is 11.3. The molecule has 4 nitrogen and oxygen atoms in total. The van der Waals surface area contributed by atoms with Crippen LogP contribution in [0.3, 0.4) is 0 Å². The summed E-state index contributed by atoms with van der Waals surface area (Å²) >= 11 is 0. The number of anilines is 1. The van der Waals surface area contributed by atoms with Crippen LogP contribution in [0.4, 0.5) is 5.69 Å². The molecule has 18 heavy (non-hydrogen) atoms. The van der Waals surface area contributed by atoms with Gasteiger partial charge < -0.3 is 19.5 Å². The molecule has 0 aliphatic carbocycles. The molecule has 0 aliphatic heterocycles. The van der Waals surface area contributed by atoms with E-state index in [4.69, 9.17) is 9.47 Å². The second kappa shape index (κ2) is 5.48. The quantitative estimate of drug-likeness (QED) is 0.872. The van der Waals surface area contributed by atoms with Crippen molar-refractivity contribution in [2.24, 2.45) is 0 Å². The van der Waals surface area contributed by atoms with Gasteiger partial charge in [0.1, 0.15) is 11.5 Å². The molecule has 0 aliphatic rings. The molecule has 1 aromatic rings. The molecule has 0 saturated carbocycles. The van der Waals surface area contributed by atoms with Gasteiger partial charge in [0, 0.05) is 31.1 Å². The Morgan fingerprint density at radius 2 is 1.67 bits per heavy atom. The summed E-state index contributed by atoms with van der Waals surface area (Å²) in [6.07, 6.45) is 0. The Bertz CT molecular complexity index is 414. The van der Waals surface area contributed by atoms with Gasteiger partial charge in [0.25, 0.3) is 0 Å². The van der Waals surface area contributed by atoms with E-state index in [9.17, 15) is 5.11 Å². The first kappa shape index (κ1) is 14.6. The van der Waals surface area contributed by atoms with E-state index in [1.807, 2.05) is 45.0 Å². The molecular weight excluding hydrogens is 230 g/mol. The lowest BCUT2D eigenvalue weighted by Gasteiger charge is -2.27. The predicted octanol–water partition coefficient (Wildman–Crippen LogP) is 2.04. The molecule has 1 aromatic carbocycles. The van der Waals surface area contributed by atoms with E-state index in [0.29, 0.717) is 0 Å². The molecule has 0 fully saturated rings. The van der Waals surface area contributed by atoms with Gasteiger partial charge in [-0.2, -0.15) is 0 Å². The lowest BCUT2D eigenvalue weighted by molar-refractivity contribution is 0.214. The average Bonchev–Trinajstić information content (AvgIpc) is 2.36. The van der Waals surface area contributed by atoms with Crippen LogP contribution in [-0.2, 0) is 5.41 Å². The lowest BCUT2D eigenvalue weighted by Crippen LogP contribution is -2.23. The summed E-state index contributed by atoms with van der Waals surface area (Å²) in [4.78, 5) is 1.97. The number of nitrogens with zero attached hydrogens (tertiary/aromatic N) is 1. The molecule has 0 radical (unpaired) electrons. The number of rotatable bonds is 5. The van der Waals surface area contributed by atoms with Crippen molar-refractivity contribution < 1.29 is 14.6 Å². The van der Waals surface area contributed by atoms with Crippen molar-refractivity contribution in [2.75, 3.05) is 39.8 Å². The van der Waals surface area contributed by atoms with Gasteiger partial charge in [0.2, 0.25) is 0 Å². The van der Waals surface area contributed by atoms with Crippen LogP contribution in [0.1, 0.15) is 19.4 Å². The molecule has 0 saturated heterocycles. The summed E-state index contributed by atoms with van der Waals surface area (Å²) in [5.74, 6) is 1.54. The maximum absolute atomic E-state index is 9.50. The molecule has 1 rings (SSSR count). The fourth-order valence-corrected chi connectivity index (χ4v) is 1.85. The number of aliphatic hydroxyl groups excluding tert-OH is 1. The standard InChI is InChI=1S/C14H23NO3/c1-14(2,9-16)10-7-13(18-6)11(15(3)4)8-12(10)17-5/h7-8,16H,9H2,1-6H3. The number of aliphatic hydroxyl groups is 1. The fraction of sp³-hybridized carbons (Fsp3) is 0.571. The zero-order chi connectivity index (χ0) is 13.9. The van der Waals surface area contributed by atoms with Gasteiger partial charge in [-0.3, -0.25) is 0 Å². The Balaban J connectivity index is 3.44. The van der Waals surface area contributed by atoms with Crippen LogP contribution >= 0.6 is 0 Å². The van der Waals surface area contributed by atoms with Crippen LogP contribution in [0.2, 0.25) is 0 Å². The smallest absolute Gasteiger partial charge is 0.142 e. The van der Waals surface area contributed by atoms with Crippen molar-refractivity contribution in [2.45, 2.75) is 19.3 Å². The van der Waals surface area contributed by atoms with Gasteiger partial charge >= 0.3 is 0 Å². The molecule has 1 N–H and O–H groups in total. The van der Waals surface area contributed by atoms with Gasteiger partial charge in [0.05, 0.1) is 26.5 Å². The summed E-state index contributed by atoms with van der Waals surface area (Å²) < 4.78 is 10.8. The molecule has 4 heteroatoms. The van der Waals surface area contributed by atoms with E-state index < -0.39 is 0 Å². The number of ether oxygens (including phenoxy) is 2. The minimum absolute atomic E-state index is 0.0494. The highest BCUT2D eigenvalue weighted by Crippen LogP contribution is 2.40. The second-order valence-corrected chi connectivity index (χ2v) is 5.16. The Hall–Kier alpha value is -1.42. The highest BCUT2D eigenvalue weighted by Gasteiger charge is 2.26. The van der Waals surface area contributed by atoms with Crippen molar-refractivity contribution in [3.8, 4) is 11.5 Å². The van der Waals surface area contributed by atoms with E-state index in [-0.39, 0.29) is 12.0 Å². The SMILES string of the molecule is COc1cc(C(C)(C)CO)c(OC)cc1N(C)C. The monoisotopic (exact) mass is 253 g/mol. The minimum atomic E-state index is -0.372. The maximum atomic E-state index is 9.50. The molecular formula is C14H23NO3. The second-order valence-electron chi connectivity index (χ2n) is 5.16. The van der Waals surface area contributed by atoms with E-state index in [1.165, 1.54) is 0 Å². The Labute approximate surface area is 109 Å². The topological polar surface area (TPSA) is 41.9 Å². The van der Waals surface area contributed by atoms with Crippen LogP contribution in [-0.4, -0.2) is 40.0 Å². The summed E-state index contributed by atoms with van der Waals surface area (Å²) in [7, 11) is 7.19. The highest BCUT2D eigenvalue weighted by atomic mass is 16.5. The van der Waals surface area contributed by atoms with Crippen molar-refractivity contribution >= 4 is 5.69 Å². The van der Waals surface area contributed by atoms with Crippen molar-refractivity contribution in [3.05, 3.63) is 17.7 Å². The number of hydrogen-bond donors (Lipinski definition) is 1. The van der Waals surface area contributed by atoms with Crippen molar-refractivity contribution in [1.82, 2.24) is 0 Å². The lowest BCUT2D eigenvalue weighted by atomic mass is 9.84. The Morgan fingerprint density at radius 3 is 2.06 bits per heavy atom. The molecule has 0 heterocycles. The zero-order valence-electron chi connectivity index (χ0n) is 12.1. The first-order chi connectivity index (χ1) is 8.37. The van der Waals surface area contributed by atoms with Gasteiger partial charge in [-0.15, -0.1) is 0 Å². The van der Waals surface area contributed by atoms with E-state index in [1.54, 1.807) is 14.2 Å². The maximum Gasteiger partial charge on any atom is 0.142 e. The summed E-state index contributed by atoms with van der Waals surface area (Å²) in [6, 6.07) is 3.87. The molecule has 102 valence electrons. The average molecular weight is 253 g/mol. The van der Waals surface area contributed by atoms with Crippen molar-refractivity contribution in [1.29, 1.82) is 0 Å². The number of benzene rings is 1. The van der Waals surface area contributed by atoms with Crippen LogP contribution in [0.25, 0.3) is 0 Å². The predicted molar refractivity (Wildman–Crippen MR) is 74.0 cm³/mol. The van der Waals surface area contributed by atoms with Gasteiger partial charge in [-0.1, -0.05) is 13.8 Å². The Morgan fingerprint density at radius 1 is 1.11 bits per heavy atom. The van der Waals surface area contributed by atoms with Gasteiger partial charge in [-0.25, -0.2) is 0 Å². The number of hydrogen-bond acceptors (Lipinski definition) is 4. The summed E-state index contributed by atoms with van der Waals surface area (Å²) in [6.45, 7) is 3.99. The van der Waals surface area contributed by atoms with Gasteiger partial charge in [-0.05, 0) is 6.07 Å². The van der Waals surface area contributed by atoms with Crippen LogP contribution in [0.5, 0.6) is 11.5 Å². The number of methoxy groups -OCH3 is 2. The van der Waals surface area contributed by atoms with Crippen LogP contribution in [0.15, 0.2) is 12.1 Å². The van der Waals surface area contributed by atoms with Gasteiger partial charge in [0.15, 0.2) is 0 Å². The van der Waals surface area contributed by atoms with E-state index >= 15 is 0 Å². The third kappa shape index (κ3) is 2.70. The summed E-state index contributed by atoms with van der Waals surface area (Å²) in [5, 5.41) is 9.50. The molecule has 0 spiro atoms.